The van der Waals surface area contributed by atoms with E-state index in [2.05, 4.69) is 19.9 Å². The number of fused-ring (bicyclic) bond motifs is 1. The van der Waals surface area contributed by atoms with Crippen LogP contribution >= 0.6 is 0 Å². The molecule has 126 valence electrons. The molecular weight excluding hydrogens is 316 g/mol. The minimum atomic E-state index is -1.22. The number of rotatable bonds is 3. The molecule has 1 aliphatic rings. The Morgan fingerprint density at radius 2 is 2.12 bits per heavy atom. The van der Waals surface area contributed by atoms with Crippen LogP contribution in [0.3, 0.4) is 0 Å². The van der Waals surface area contributed by atoms with Crippen LogP contribution < -0.4 is 5.73 Å². The molecule has 4 rings (SSSR count). The summed E-state index contributed by atoms with van der Waals surface area (Å²) in [5.74, 6) is 0.273. The average Bonchev–Trinajstić information content (AvgIpc) is 3.28. The Morgan fingerprint density at radius 1 is 1.29 bits per heavy atom. The first-order valence-electron chi connectivity index (χ1n) is 7.34. The van der Waals surface area contributed by atoms with Crippen LogP contribution in [0.2, 0.25) is 0 Å². The lowest BCUT2D eigenvalue weighted by molar-refractivity contribution is -0.0508. The number of hydrogen-bond donors (Lipinski definition) is 5. The van der Waals surface area contributed by atoms with Crippen LogP contribution in [0.25, 0.3) is 22.3 Å². The van der Waals surface area contributed by atoms with E-state index in [4.69, 9.17) is 10.5 Å². The monoisotopic (exact) mass is 332 g/mol. The van der Waals surface area contributed by atoms with Crippen LogP contribution in [0.4, 0.5) is 5.82 Å². The molecule has 1 fully saturated rings. The Bertz CT molecular complexity index is 864. The summed E-state index contributed by atoms with van der Waals surface area (Å²) in [7, 11) is 0. The molecule has 3 aromatic rings. The zero-order chi connectivity index (χ0) is 16.8. The maximum atomic E-state index is 10.3. The summed E-state index contributed by atoms with van der Waals surface area (Å²) in [5.41, 5.74) is 7.84. The van der Waals surface area contributed by atoms with Crippen molar-refractivity contribution in [2.75, 3.05) is 12.3 Å². The molecule has 0 radical (unpaired) electrons. The first-order chi connectivity index (χ1) is 11.6. The second-order valence-corrected chi connectivity index (χ2v) is 5.60. The molecule has 4 atom stereocenters. The average molecular weight is 332 g/mol. The second kappa shape index (κ2) is 5.53. The predicted octanol–water partition coefficient (Wildman–Crippen LogP) is -0.985. The summed E-state index contributed by atoms with van der Waals surface area (Å²) in [6.45, 7) is -0.404. The maximum Gasteiger partial charge on any atom is 0.164 e. The van der Waals surface area contributed by atoms with E-state index in [1.807, 2.05) is 0 Å². The van der Waals surface area contributed by atoms with Crippen LogP contribution in [0.1, 0.15) is 6.23 Å². The highest BCUT2D eigenvalue weighted by atomic mass is 16.6. The topological polar surface area (TPSA) is 155 Å². The van der Waals surface area contributed by atoms with E-state index in [1.165, 1.54) is 12.7 Å². The maximum absolute atomic E-state index is 10.3. The van der Waals surface area contributed by atoms with Crippen molar-refractivity contribution in [1.82, 2.24) is 24.5 Å². The van der Waals surface area contributed by atoms with Gasteiger partial charge in [-0.2, -0.15) is 0 Å². The summed E-state index contributed by atoms with van der Waals surface area (Å²) in [6, 6.07) is 0. The van der Waals surface area contributed by atoms with E-state index in [1.54, 1.807) is 17.0 Å². The fraction of sp³-hybridized carbons (Fsp3) is 0.357. The molecule has 0 aliphatic carbocycles. The predicted molar refractivity (Wildman–Crippen MR) is 82.5 cm³/mol. The van der Waals surface area contributed by atoms with Gasteiger partial charge in [0, 0.05) is 11.8 Å². The van der Waals surface area contributed by atoms with Crippen molar-refractivity contribution in [1.29, 1.82) is 0 Å². The van der Waals surface area contributed by atoms with Crippen LogP contribution in [-0.2, 0) is 4.74 Å². The number of aliphatic hydroxyl groups excluding tert-OH is 3. The van der Waals surface area contributed by atoms with E-state index < -0.39 is 31.1 Å². The zero-order valence-electron chi connectivity index (χ0n) is 12.4. The molecule has 3 aromatic heterocycles. The quantitative estimate of drug-likeness (QED) is 0.409. The zero-order valence-corrected chi connectivity index (χ0v) is 12.4. The number of nitrogen functional groups attached to an aromatic ring is 1. The lowest BCUT2D eigenvalue weighted by Crippen LogP contribution is -2.33. The van der Waals surface area contributed by atoms with E-state index in [-0.39, 0.29) is 5.82 Å². The summed E-state index contributed by atoms with van der Waals surface area (Å²) in [6.07, 6.45) is 1.96. The number of anilines is 1. The minimum Gasteiger partial charge on any atom is -0.394 e. The summed E-state index contributed by atoms with van der Waals surface area (Å²) < 4.78 is 7.16. The van der Waals surface area contributed by atoms with Gasteiger partial charge in [0.15, 0.2) is 6.23 Å². The number of aliphatic hydroxyl groups is 3. The molecule has 0 amide bonds. The van der Waals surface area contributed by atoms with E-state index in [9.17, 15) is 15.3 Å². The van der Waals surface area contributed by atoms with Crippen molar-refractivity contribution < 1.29 is 20.1 Å². The van der Waals surface area contributed by atoms with Gasteiger partial charge in [-0.05, 0) is 0 Å². The van der Waals surface area contributed by atoms with E-state index in [0.29, 0.717) is 22.3 Å². The Hall–Kier alpha value is -2.53. The summed E-state index contributed by atoms with van der Waals surface area (Å²) in [5, 5.41) is 30.1. The number of aromatic nitrogens is 5. The van der Waals surface area contributed by atoms with Gasteiger partial charge in [-0.1, -0.05) is 0 Å². The molecule has 10 nitrogen and oxygen atoms in total. The van der Waals surface area contributed by atoms with E-state index in [0.717, 1.165) is 0 Å². The molecule has 1 saturated heterocycles. The number of aromatic amines is 1. The molecule has 10 heteroatoms. The minimum absolute atomic E-state index is 0.273. The highest BCUT2D eigenvalue weighted by Gasteiger charge is 2.44. The molecule has 0 aromatic carbocycles. The van der Waals surface area contributed by atoms with Crippen molar-refractivity contribution in [3.05, 3.63) is 25.0 Å². The Labute approximate surface area is 135 Å². The van der Waals surface area contributed by atoms with Gasteiger partial charge in [-0.3, -0.25) is 0 Å². The molecule has 0 bridgehead atoms. The van der Waals surface area contributed by atoms with Crippen molar-refractivity contribution in [3.8, 4) is 11.3 Å². The number of nitrogens with one attached hydrogen (secondary N) is 1. The first-order valence-corrected chi connectivity index (χ1v) is 7.34. The number of imidazole rings is 1. The summed E-state index contributed by atoms with van der Waals surface area (Å²) >= 11 is 0. The lowest BCUT2D eigenvalue weighted by Gasteiger charge is -2.17. The van der Waals surface area contributed by atoms with Crippen molar-refractivity contribution in [2.24, 2.45) is 0 Å². The Kier molecular flexibility index (Phi) is 3.46. The van der Waals surface area contributed by atoms with Crippen LogP contribution in [-0.4, -0.2) is 64.7 Å². The van der Waals surface area contributed by atoms with Crippen LogP contribution in [0.5, 0.6) is 0 Å². The van der Waals surface area contributed by atoms with Gasteiger partial charge >= 0.3 is 0 Å². The molecule has 6 N–H and O–H groups in total. The third kappa shape index (κ3) is 2.08. The third-order valence-corrected chi connectivity index (χ3v) is 4.22. The largest absolute Gasteiger partial charge is 0.394 e. The van der Waals surface area contributed by atoms with Gasteiger partial charge in [-0.15, -0.1) is 0 Å². The number of nitrogens with zero attached hydrogens (tertiary/aromatic N) is 4. The van der Waals surface area contributed by atoms with Gasteiger partial charge in [0.25, 0.3) is 0 Å². The molecule has 4 heterocycles. The highest BCUT2D eigenvalue weighted by Crippen LogP contribution is 2.37. The lowest BCUT2D eigenvalue weighted by atomic mass is 10.1. The second-order valence-electron chi connectivity index (χ2n) is 5.60. The number of H-pyrrole nitrogens is 1. The third-order valence-electron chi connectivity index (χ3n) is 4.22. The van der Waals surface area contributed by atoms with Crippen molar-refractivity contribution >= 4 is 16.9 Å². The fourth-order valence-electron chi connectivity index (χ4n) is 3.02. The molecular formula is C14H16N6O4. The Morgan fingerprint density at radius 3 is 2.79 bits per heavy atom. The van der Waals surface area contributed by atoms with Gasteiger partial charge in [0.1, 0.15) is 36.1 Å². The molecule has 4 unspecified atom stereocenters. The highest BCUT2D eigenvalue weighted by molar-refractivity contribution is 5.99. The smallest absolute Gasteiger partial charge is 0.164 e. The number of nitrogens with two attached hydrogens (primary N) is 1. The van der Waals surface area contributed by atoms with Gasteiger partial charge in [0.2, 0.25) is 0 Å². The first kappa shape index (κ1) is 15.0. The van der Waals surface area contributed by atoms with Crippen LogP contribution in [0.15, 0.2) is 25.0 Å². The normalized spacial score (nSPS) is 27.1. The SMILES string of the molecule is Nc1ncnc2c1c(-c1cnc[nH]1)cn2C1OC(CO)C(O)C1O. The fourth-order valence-corrected chi connectivity index (χ4v) is 3.02. The van der Waals surface area contributed by atoms with Gasteiger partial charge in [0.05, 0.1) is 30.2 Å². The van der Waals surface area contributed by atoms with Crippen molar-refractivity contribution in [2.45, 2.75) is 24.5 Å². The standard InChI is InChI=1S/C14H16N6O4/c15-12-9-6(7-1-16-4-17-7)2-20(13(9)19-5-18-12)14-11(23)10(22)8(3-21)24-14/h1-2,4-5,8,10-11,14,21-23H,3H2,(H,16,17)(H2,15,18,19). The molecule has 0 saturated carbocycles. The number of ether oxygens (including phenoxy) is 1. The molecule has 0 spiro atoms. The Balaban J connectivity index is 1.90. The van der Waals surface area contributed by atoms with Crippen LogP contribution in [0, 0.1) is 0 Å². The van der Waals surface area contributed by atoms with Gasteiger partial charge < -0.3 is 35.3 Å². The molecule has 1 aliphatic heterocycles. The summed E-state index contributed by atoms with van der Waals surface area (Å²) in [4.78, 5) is 15.2. The number of hydrogen-bond acceptors (Lipinski definition) is 8. The molecule has 24 heavy (non-hydrogen) atoms. The van der Waals surface area contributed by atoms with Gasteiger partial charge in [-0.25, -0.2) is 15.0 Å². The van der Waals surface area contributed by atoms with E-state index >= 15 is 0 Å². The van der Waals surface area contributed by atoms with Crippen molar-refractivity contribution in [3.63, 3.8) is 0 Å².